The molecule has 116 valence electrons. The van der Waals surface area contributed by atoms with Gasteiger partial charge in [-0.2, -0.15) is 0 Å². The van der Waals surface area contributed by atoms with E-state index in [9.17, 15) is 9.59 Å². The first-order valence-electron chi connectivity index (χ1n) is 7.37. The molecule has 1 amide bonds. The molecule has 21 heavy (non-hydrogen) atoms. The number of carboxylic acids is 1. The second-order valence-corrected chi connectivity index (χ2v) is 7.24. The normalized spacial score (nSPS) is 19.0. The first-order valence-corrected chi connectivity index (χ1v) is 8.18. The lowest BCUT2D eigenvalue weighted by molar-refractivity contribution is -0.143. The van der Waals surface area contributed by atoms with Crippen molar-refractivity contribution < 1.29 is 14.7 Å². The summed E-state index contributed by atoms with van der Waals surface area (Å²) < 4.78 is 0. The fraction of sp³-hybridized carbons (Fsp3) is 0.667. The maximum Gasteiger partial charge on any atom is 0.308 e. The average molecular weight is 310 g/mol. The Labute approximate surface area is 129 Å². The van der Waals surface area contributed by atoms with Gasteiger partial charge < -0.3 is 10.0 Å². The zero-order valence-corrected chi connectivity index (χ0v) is 13.6. The maximum atomic E-state index is 12.7. The standard InChI is InChI=1S/C15H22N2O3S/c1-9(2)7-12-13(21-10(3)16-12)14(18)17-6-4-5-11(8-17)15(19)20/h9,11H,4-8H2,1-3H3,(H,19,20). The number of carbonyl (C=O) groups is 2. The zero-order chi connectivity index (χ0) is 15.6. The topological polar surface area (TPSA) is 70.5 Å². The molecule has 1 aromatic heterocycles. The van der Waals surface area contributed by atoms with Gasteiger partial charge >= 0.3 is 5.97 Å². The number of aryl methyl sites for hydroxylation is 1. The van der Waals surface area contributed by atoms with Crippen LogP contribution < -0.4 is 0 Å². The van der Waals surface area contributed by atoms with E-state index in [1.165, 1.54) is 11.3 Å². The van der Waals surface area contributed by atoms with Gasteiger partial charge in [0.1, 0.15) is 4.88 Å². The predicted octanol–water partition coefficient (Wildman–Crippen LogP) is 2.59. The van der Waals surface area contributed by atoms with Gasteiger partial charge in [-0.05, 0) is 32.1 Å². The van der Waals surface area contributed by atoms with Gasteiger partial charge in [-0.15, -0.1) is 11.3 Å². The summed E-state index contributed by atoms with van der Waals surface area (Å²) in [7, 11) is 0. The molecule has 1 unspecified atom stereocenters. The van der Waals surface area contributed by atoms with Crippen LogP contribution in [0.2, 0.25) is 0 Å². The first kappa shape index (κ1) is 15.9. The molecule has 1 aliphatic heterocycles. The molecular formula is C15H22N2O3S. The molecule has 6 heteroatoms. The van der Waals surface area contributed by atoms with Gasteiger partial charge in [0.2, 0.25) is 0 Å². The van der Waals surface area contributed by atoms with Gasteiger partial charge in [-0.3, -0.25) is 9.59 Å². The highest BCUT2D eigenvalue weighted by atomic mass is 32.1. The van der Waals surface area contributed by atoms with Crippen LogP contribution >= 0.6 is 11.3 Å². The minimum Gasteiger partial charge on any atom is -0.481 e. The highest BCUT2D eigenvalue weighted by molar-refractivity contribution is 7.13. The molecule has 2 heterocycles. The second kappa shape index (κ2) is 6.56. The number of amides is 1. The van der Waals surface area contributed by atoms with Crippen molar-refractivity contribution in [2.45, 2.75) is 40.0 Å². The third-order valence-corrected chi connectivity index (χ3v) is 4.66. The quantitative estimate of drug-likeness (QED) is 0.928. The molecular weight excluding hydrogens is 288 g/mol. The molecule has 0 saturated carbocycles. The van der Waals surface area contributed by atoms with E-state index in [0.29, 0.717) is 30.3 Å². The number of hydrogen-bond donors (Lipinski definition) is 1. The van der Waals surface area contributed by atoms with Gasteiger partial charge in [-0.25, -0.2) is 4.98 Å². The fourth-order valence-corrected chi connectivity index (χ4v) is 3.58. The molecule has 1 aromatic rings. The molecule has 5 nitrogen and oxygen atoms in total. The summed E-state index contributed by atoms with van der Waals surface area (Å²) in [5.41, 5.74) is 0.856. The van der Waals surface area contributed by atoms with Crippen molar-refractivity contribution >= 4 is 23.2 Å². The zero-order valence-electron chi connectivity index (χ0n) is 12.8. The number of carboxylic acid groups (broad SMARTS) is 1. The van der Waals surface area contributed by atoms with Crippen LogP contribution in [-0.2, 0) is 11.2 Å². The molecule has 2 rings (SSSR count). The Kier molecular flexibility index (Phi) is 4.98. The molecule has 1 aliphatic rings. The fourth-order valence-electron chi connectivity index (χ4n) is 2.67. The molecule has 0 bridgehead atoms. The number of aromatic nitrogens is 1. The number of thiazole rings is 1. The van der Waals surface area contributed by atoms with Gasteiger partial charge in [0.15, 0.2) is 0 Å². The average Bonchev–Trinajstić information content (AvgIpc) is 2.78. The number of hydrogen-bond acceptors (Lipinski definition) is 4. The lowest BCUT2D eigenvalue weighted by Gasteiger charge is -2.30. The van der Waals surface area contributed by atoms with E-state index in [1.54, 1.807) is 4.90 Å². The maximum absolute atomic E-state index is 12.7. The number of piperidine rings is 1. The van der Waals surface area contributed by atoms with E-state index in [0.717, 1.165) is 23.5 Å². The van der Waals surface area contributed by atoms with Gasteiger partial charge in [0.25, 0.3) is 5.91 Å². The summed E-state index contributed by atoms with van der Waals surface area (Å²) in [5, 5.41) is 10.0. The SMILES string of the molecule is Cc1nc(CC(C)C)c(C(=O)N2CCCC(C(=O)O)C2)s1. The Hall–Kier alpha value is -1.43. The molecule has 0 radical (unpaired) electrons. The van der Waals surface area contributed by atoms with Crippen LogP contribution in [0, 0.1) is 18.8 Å². The van der Waals surface area contributed by atoms with E-state index < -0.39 is 11.9 Å². The Balaban J connectivity index is 2.17. The lowest BCUT2D eigenvalue weighted by Crippen LogP contribution is -2.42. The predicted molar refractivity (Wildman–Crippen MR) is 81.7 cm³/mol. The monoisotopic (exact) mass is 310 g/mol. The van der Waals surface area contributed by atoms with E-state index in [1.807, 2.05) is 6.92 Å². The molecule has 0 aromatic carbocycles. The van der Waals surface area contributed by atoms with Crippen molar-refractivity contribution in [1.29, 1.82) is 0 Å². The van der Waals surface area contributed by atoms with Crippen molar-refractivity contribution in [3.63, 3.8) is 0 Å². The molecule has 0 aliphatic carbocycles. The smallest absolute Gasteiger partial charge is 0.308 e. The third kappa shape index (κ3) is 3.81. The van der Waals surface area contributed by atoms with Crippen LogP contribution in [0.25, 0.3) is 0 Å². The molecule has 1 N–H and O–H groups in total. The summed E-state index contributed by atoms with van der Waals surface area (Å²) in [5.74, 6) is -0.867. The molecule has 1 fully saturated rings. The van der Waals surface area contributed by atoms with Gasteiger partial charge in [-0.1, -0.05) is 13.8 Å². The number of aliphatic carboxylic acids is 1. The van der Waals surface area contributed by atoms with E-state index in [-0.39, 0.29) is 5.91 Å². The Morgan fingerprint density at radius 1 is 1.48 bits per heavy atom. The Bertz CT molecular complexity index is 539. The Morgan fingerprint density at radius 3 is 2.81 bits per heavy atom. The van der Waals surface area contributed by atoms with Crippen LogP contribution in [0.5, 0.6) is 0 Å². The van der Waals surface area contributed by atoms with Crippen molar-refractivity contribution in [1.82, 2.24) is 9.88 Å². The van der Waals surface area contributed by atoms with Crippen molar-refractivity contribution in [3.05, 3.63) is 15.6 Å². The summed E-state index contributed by atoms with van der Waals surface area (Å²) >= 11 is 1.42. The van der Waals surface area contributed by atoms with Gasteiger partial charge in [0, 0.05) is 13.1 Å². The van der Waals surface area contributed by atoms with Crippen molar-refractivity contribution in [2.75, 3.05) is 13.1 Å². The van der Waals surface area contributed by atoms with Crippen molar-refractivity contribution in [3.8, 4) is 0 Å². The number of likely N-dealkylation sites (tertiary alicyclic amines) is 1. The second-order valence-electron chi connectivity index (χ2n) is 6.04. The number of carbonyl (C=O) groups excluding carboxylic acids is 1. The minimum atomic E-state index is -0.810. The van der Waals surface area contributed by atoms with Crippen LogP contribution in [-0.4, -0.2) is 40.0 Å². The number of nitrogens with zero attached hydrogens (tertiary/aromatic N) is 2. The summed E-state index contributed by atoms with van der Waals surface area (Å²) in [6.45, 7) is 7.06. The largest absolute Gasteiger partial charge is 0.481 e. The van der Waals surface area contributed by atoms with Crippen LogP contribution in [0.3, 0.4) is 0 Å². The first-order chi connectivity index (χ1) is 9.88. The van der Waals surface area contributed by atoms with Crippen LogP contribution in [0.4, 0.5) is 0 Å². The van der Waals surface area contributed by atoms with Crippen LogP contribution in [0.15, 0.2) is 0 Å². The van der Waals surface area contributed by atoms with E-state index in [2.05, 4.69) is 18.8 Å². The van der Waals surface area contributed by atoms with Gasteiger partial charge in [0.05, 0.1) is 16.6 Å². The highest BCUT2D eigenvalue weighted by Gasteiger charge is 2.30. The molecule has 1 atom stereocenters. The summed E-state index contributed by atoms with van der Waals surface area (Å²) in [6.07, 6.45) is 2.18. The molecule has 0 spiro atoms. The minimum absolute atomic E-state index is 0.0535. The highest BCUT2D eigenvalue weighted by Crippen LogP contribution is 2.25. The number of rotatable bonds is 4. The Morgan fingerprint density at radius 2 is 2.19 bits per heavy atom. The molecule has 1 saturated heterocycles. The van der Waals surface area contributed by atoms with Crippen LogP contribution in [0.1, 0.15) is 47.1 Å². The van der Waals surface area contributed by atoms with E-state index in [4.69, 9.17) is 5.11 Å². The van der Waals surface area contributed by atoms with E-state index >= 15 is 0 Å². The van der Waals surface area contributed by atoms with Crippen molar-refractivity contribution in [2.24, 2.45) is 11.8 Å². The lowest BCUT2D eigenvalue weighted by atomic mass is 9.98. The summed E-state index contributed by atoms with van der Waals surface area (Å²) in [6, 6.07) is 0. The third-order valence-electron chi connectivity index (χ3n) is 3.66. The summed E-state index contributed by atoms with van der Waals surface area (Å²) in [4.78, 5) is 30.7.